The van der Waals surface area contributed by atoms with Crippen LogP contribution < -0.4 is 20.7 Å². The number of hydrogen-bond acceptors (Lipinski definition) is 9. The van der Waals surface area contributed by atoms with Gasteiger partial charge in [-0.15, -0.1) is 11.3 Å². The molecule has 4 fully saturated rings. The van der Waals surface area contributed by atoms with Crippen molar-refractivity contribution in [2.75, 3.05) is 43.4 Å². The van der Waals surface area contributed by atoms with Gasteiger partial charge in [0.25, 0.3) is 0 Å². The summed E-state index contributed by atoms with van der Waals surface area (Å²) in [5.74, 6) is -0.343. The van der Waals surface area contributed by atoms with Crippen molar-refractivity contribution in [2.45, 2.75) is 56.4 Å². The third-order valence-electron chi connectivity index (χ3n) is 10.3. The normalized spacial score (nSPS) is 27.9. The molecule has 0 aliphatic carbocycles. The van der Waals surface area contributed by atoms with Crippen LogP contribution in [-0.4, -0.2) is 71.4 Å². The Morgan fingerprint density at radius 1 is 1.29 bits per heavy atom. The zero-order chi connectivity index (χ0) is 31.2. The predicted molar refractivity (Wildman–Crippen MR) is 170 cm³/mol. The number of nitrogens with two attached hydrogens (primary N) is 1. The van der Waals surface area contributed by atoms with Crippen molar-refractivity contribution in [3.63, 3.8) is 0 Å². The number of nitrogens with zero attached hydrogens (tertiary/aromatic N) is 5. The molecule has 4 aromatic rings. The minimum absolute atomic E-state index is 0.00575. The van der Waals surface area contributed by atoms with E-state index in [9.17, 15) is 14.0 Å². The van der Waals surface area contributed by atoms with Crippen LogP contribution in [0.5, 0.6) is 6.01 Å². The molecule has 234 valence electrons. The molecule has 2 aromatic heterocycles. The fraction of sp³-hybridized carbons (Fsp3) is 0.469. The summed E-state index contributed by atoms with van der Waals surface area (Å²) >= 11 is 7.80. The summed E-state index contributed by atoms with van der Waals surface area (Å²) in [6.07, 6.45) is 2.19. The predicted octanol–water partition coefficient (Wildman–Crippen LogP) is 6.04. The van der Waals surface area contributed by atoms with Gasteiger partial charge in [0.05, 0.1) is 20.8 Å². The highest BCUT2D eigenvalue weighted by molar-refractivity contribution is 7.23. The number of rotatable bonds is 5. The molecule has 0 radical (unpaired) electrons. The van der Waals surface area contributed by atoms with Crippen LogP contribution in [-0.2, 0) is 0 Å². The topological polar surface area (TPSA) is 103 Å². The number of nitriles is 1. The Kier molecular flexibility index (Phi) is 6.84. The van der Waals surface area contributed by atoms with Crippen LogP contribution in [0, 0.1) is 28.9 Å². The molecule has 4 aliphatic rings. The number of halogens is 4. The maximum atomic E-state index is 17.0. The zero-order valence-corrected chi connectivity index (χ0v) is 26.1. The van der Waals surface area contributed by atoms with Crippen LogP contribution in [0.4, 0.5) is 24.0 Å². The number of nitrogen functional groups attached to an aromatic ring is 1. The summed E-state index contributed by atoms with van der Waals surface area (Å²) in [6, 6.07) is 6.67. The van der Waals surface area contributed by atoms with E-state index < -0.39 is 23.3 Å². The lowest BCUT2D eigenvalue weighted by atomic mass is 9.95. The maximum Gasteiger partial charge on any atom is 0.319 e. The van der Waals surface area contributed by atoms with Gasteiger partial charge in [-0.2, -0.15) is 15.2 Å². The van der Waals surface area contributed by atoms with Crippen LogP contribution in [0.2, 0.25) is 5.02 Å². The number of anilines is 2. The smallest absolute Gasteiger partial charge is 0.319 e. The number of ether oxygens (including phenoxy) is 1. The van der Waals surface area contributed by atoms with Crippen LogP contribution in [0.25, 0.3) is 32.1 Å². The van der Waals surface area contributed by atoms with Crippen molar-refractivity contribution in [2.24, 2.45) is 5.92 Å². The number of nitrogens with one attached hydrogen (secondary N) is 1. The number of fused-ring (bicyclic) bond motifs is 4. The second kappa shape index (κ2) is 10.6. The summed E-state index contributed by atoms with van der Waals surface area (Å²) in [7, 11) is 0. The molecule has 45 heavy (non-hydrogen) atoms. The molecule has 0 amide bonds. The second-order valence-electron chi connectivity index (χ2n) is 12.8. The summed E-state index contributed by atoms with van der Waals surface area (Å²) in [6.45, 7) is 5.15. The van der Waals surface area contributed by atoms with Crippen LogP contribution >= 0.6 is 22.9 Å². The van der Waals surface area contributed by atoms with E-state index >= 15 is 4.39 Å². The minimum atomic E-state index is -0.918. The number of hydrogen-bond donors (Lipinski definition) is 2. The Balaban J connectivity index is 1.30. The fourth-order valence-electron chi connectivity index (χ4n) is 8.33. The molecule has 0 bridgehead atoms. The third kappa shape index (κ3) is 4.38. The molecule has 3 unspecified atom stereocenters. The molecular weight excluding hydrogens is 623 g/mol. The van der Waals surface area contributed by atoms with Crippen LogP contribution in [0.3, 0.4) is 0 Å². The van der Waals surface area contributed by atoms with E-state index in [1.807, 2.05) is 6.07 Å². The molecule has 4 aliphatic heterocycles. The largest absolute Gasteiger partial charge is 0.461 e. The summed E-state index contributed by atoms with van der Waals surface area (Å²) in [4.78, 5) is 13.8. The fourth-order valence-corrected chi connectivity index (χ4v) is 9.58. The van der Waals surface area contributed by atoms with Gasteiger partial charge in [-0.25, -0.2) is 13.2 Å². The van der Waals surface area contributed by atoms with Gasteiger partial charge in [-0.1, -0.05) is 17.7 Å². The Morgan fingerprint density at radius 3 is 2.96 bits per heavy atom. The van der Waals surface area contributed by atoms with Crippen LogP contribution in [0.1, 0.15) is 38.2 Å². The zero-order valence-electron chi connectivity index (χ0n) is 24.5. The van der Waals surface area contributed by atoms with Crippen LogP contribution in [0.15, 0.2) is 18.2 Å². The number of thiophene rings is 1. The highest BCUT2D eigenvalue weighted by Crippen LogP contribution is 2.47. The first kappa shape index (κ1) is 29.1. The monoisotopic (exact) mass is 653 g/mol. The van der Waals surface area contributed by atoms with Gasteiger partial charge in [0, 0.05) is 54.5 Å². The molecule has 5 atom stereocenters. The lowest BCUT2D eigenvalue weighted by molar-refractivity contribution is 0.107. The molecule has 2 aromatic carbocycles. The van der Waals surface area contributed by atoms with Gasteiger partial charge in [0.1, 0.15) is 41.0 Å². The minimum Gasteiger partial charge on any atom is -0.461 e. The van der Waals surface area contributed by atoms with E-state index in [1.165, 1.54) is 12.1 Å². The van der Waals surface area contributed by atoms with E-state index in [2.05, 4.69) is 27.0 Å². The number of benzene rings is 2. The summed E-state index contributed by atoms with van der Waals surface area (Å²) in [5, 5.41) is 14.3. The lowest BCUT2D eigenvalue weighted by Gasteiger charge is -2.32. The molecule has 3 N–H and O–H groups in total. The lowest BCUT2D eigenvalue weighted by Crippen LogP contribution is -2.43. The van der Waals surface area contributed by atoms with E-state index in [0.717, 1.165) is 50.2 Å². The first-order valence-corrected chi connectivity index (χ1v) is 16.5. The van der Waals surface area contributed by atoms with Gasteiger partial charge in [0.2, 0.25) is 0 Å². The molecular formula is C32H31ClF3N7OS. The molecule has 8 nitrogen and oxygen atoms in total. The molecule has 8 rings (SSSR count). The van der Waals surface area contributed by atoms with E-state index in [0.29, 0.717) is 30.1 Å². The van der Waals surface area contributed by atoms with Gasteiger partial charge >= 0.3 is 6.01 Å². The average molecular weight is 654 g/mol. The third-order valence-corrected chi connectivity index (χ3v) is 11.7. The highest BCUT2D eigenvalue weighted by atomic mass is 35.5. The van der Waals surface area contributed by atoms with E-state index in [4.69, 9.17) is 27.1 Å². The molecule has 4 saturated heterocycles. The van der Waals surface area contributed by atoms with Crippen molar-refractivity contribution < 1.29 is 17.9 Å². The molecule has 0 spiro atoms. The Bertz CT molecular complexity index is 1920. The number of alkyl halides is 1. The van der Waals surface area contributed by atoms with E-state index in [-0.39, 0.29) is 67.0 Å². The van der Waals surface area contributed by atoms with Crippen molar-refractivity contribution in [3.8, 4) is 23.2 Å². The second-order valence-corrected chi connectivity index (χ2v) is 14.3. The Morgan fingerprint density at radius 2 is 2.13 bits per heavy atom. The first-order chi connectivity index (χ1) is 21.7. The molecule has 6 heterocycles. The van der Waals surface area contributed by atoms with Crippen molar-refractivity contribution in [3.05, 3.63) is 40.4 Å². The van der Waals surface area contributed by atoms with E-state index in [1.54, 1.807) is 6.07 Å². The average Bonchev–Trinajstić information content (AvgIpc) is 3.81. The summed E-state index contributed by atoms with van der Waals surface area (Å²) in [5.41, 5.74) is 5.95. The Hall–Kier alpha value is -3.37. The van der Waals surface area contributed by atoms with Gasteiger partial charge in [0.15, 0.2) is 5.82 Å². The van der Waals surface area contributed by atoms with Gasteiger partial charge in [-0.3, -0.25) is 4.90 Å². The highest BCUT2D eigenvalue weighted by Gasteiger charge is 2.49. The van der Waals surface area contributed by atoms with Crippen molar-refractivity contribution in [1.82, 2.24) is 20.2 Å². The van der Waals surface area contributed by atoms with Crippen molar-refractivity contribution >= 4 is 54.7 Å². The Labute approximate surface area is 266 Å². The van der Waals surface area contributed by atoms with Gasteiger partial charge < -0.3 is 20.7 Å². The first-order valence-electron chi connectivity index (χ1n) is 15.3. The maximum absolute atomic E-state index is 17.0. The molecule has 0 saturated carbocycles. The molecule has 13 heteroatoms. The number of aromatic nitrogens is 2. The standard InChI is InChI=1S/C32H31ClF3N7OS/c1-15-27-16(12-39-15)5-8-43(27)30-19-9-21(33)24(18-3-4-22(35)28-23(18)20(11-37)29(38)45-28)25(36)26(19)40-31(41-30)44-14-32-6-2-7-42(32)13-17(34)10-32/h3-4,9,15-17,27,39H,2,5-8,10,12-14,38H2,1H3/t15?,16?,17-,27?,32+/m1/s1. The van der Waals surface area contributed by atoms with Crippen molar-refractivity contribution in [1.29, 1.82) is 5.26 Å². The van der Waals surface area contributed by atoms with Gasteiger partial charge in [-0.05, 0) is 56.3 Å². The SMILES string of the molecule is CC1NCC2CCN(c3nc(OC[C@@]45CCCN4C[C@H](F)C5)nc4c(F)c(-c5ccc(F)c6sc(N)c(C#N)c56)c(Cl)cc34)C21. The summed E-state index contributed by atoms with van der Waals surface area (Å²) < 4.78 is 52.7. The quantitative estimate of drug-likeness (QED) is 0.269.